The van der Waals surface area contributed by atoms with Crippen molar-refractivity contribution in [3.63, 3.8) is 0 Å². The van der Waals surface area contributed by atoms with Crippen LogP contribution in [0, 0.1) is 10.1 Å². The normalized spacial score (nSPS) is 17.9. The molecule has 1 aliphatic rings. The van der Waals surface area contributed by atoms with Crippen molar-refractivity contribution >= 4 is 17.5 Å². The number of ether oxygens (including phenoxy) is 1. The van der Waals surface area contributed by atoms with Gasteiger partial charge in [0.1, 0.15) is 0 Å². The highest BCUT2D eigenvalue weighted by Gasteiger charge is 2.21. The number of nitro groups is 1. The Morgan fingerprint density at radius 2 is 2.27 bits per heavy atom. The molecular weight excluding hydrogens is 290 g/mol. The first-order valence-corrected chi connectivity index (χ1v) is 6.89. The second kappa shape index (κ2) is 6.99. The molecule has 1 fully saturated rings. The van der Waals surface area contributed by atoms with E-state index in [9.17, 15) is 19.7 Å². The maximum Gasteiger partial charge on any atom is 0.270 e. The summed E-state index contributed by atoms with van der Waals surface area (Å²) in [7, 11) is 0. The summed E-state index contributed by atoms with van der Waals surface area (Å²) in [4.78, 5) is 35.7. The Kier molecular flexibility index (Phi) is 5.05. The zero-order valence-electron chi connectivity index (χ0n) is 12.2. The van der Waals surface area contributed by atoms with Crippen LogP contribution in [-0.4, -0.2) is 54.0 Å². The molecule has 0 radical (unpaired) electrons. The summed E-state index contributed by atoms with van der Waals surface area (Å²) in [6, 6.07) is 5.37. The quantitative estimate of drug-likeness (QED) is 0.647. The zero-order chi connectivity index (χ0) is 16.1. The number of rotatable bonds is 4. The number of nitrogens with zero attached hydrogens (tertiary/aromatic N) is 2. The van der Waals surface area contributed by atoms with Crippen molar-refractivity contribution in [1.82, 2.24) is 10.2 Å². The fourth-order valence-electron chi connectivity index (χ4n) is 2.18. The monoisotopic (exact) mass is 307 g/mol. The average Bonchev–Trinajstić information content (AvgIpc) is 2.52. The Hall–Kier alpha value is -2.48. The predicted molar refractivity (Wildman–Crippen MR) is 77.4 cm³/mol. The van der Waals surface area contributed by atoms with Gasteiger partial charge in [0.2, 0.25) is 5.91 Å². The first kappa shape index (κ1) is 15.9. The maximum absolute atomic E-state index is 12.0. The molecule has 1 aliphatic heterocycles. The van der Waals surface area contributed by atoms with Crippen LogP contribution in [0.15, 0.2) is 24.3 Å². The minimum absolute atomic E-state index is 0.0230. The van der Waals surface area contributed by atoms with Crippen molar-refractivity contribution < 1.29 is 19.2 Å². The molecule has 2 rings (SSSR count). The van der Waals surface area contributed by atoms with E-state index in [2.05, 4.69) is 5.32 Å². The summed E-state index contributed by atoms with van der Waals surface area (Å²) in [5.41, 5.74) is -0.0154. The largest absolute Gasteiger partial charge is 0.375 e. The molecule has 8 nitrogen and oxygen atoms in total. The number of morpholine rings is 1. The summed E-state index contributed by atoms with van der Waals surface area (Å²) in [6.45, 7) is 3.20. The number of amides is 2. The van der Waals surface area contributed by atoms with Gasteiger partial charge in [-0.1, -0.05) is 6.07 Å². The molecule has 1 heterocycles. The molecule has 2 amide bonds. The van der Waals surface area contributed by atoms with Gasteiger partial charge in [0, 0.05) is 30.8 Å². The molecule has 0 saturated carbocycles. The fraction of sp³-hybridized carbons (Fsp3) is 0.429. The minimum Gasteiger partial charge on any atom is -0.375 e. The smallest absolute Gasteiger partial charge is 0.270 e. The molecule has 22 heavy (non-hydrogen) atoms. The van der Waals surface area contributed by atoms with Gasteiger partial charge in [0.25, 0.3) is 11.6 Å². The topological polar surface area (TPSA) is 102 Å². The van der Waals surface area contributed by atoms with Gasteiger partial charge in [-0.25, -0.2) is 0 Å². The lowest BCUT2D eigenvalue weighted by atomic mass is 10.2. The van der Waals surface area contributed by atoms with E-state index in [-0.39, 0.29) is 29.8 Å². The Balaban J connectivity index is 1.91. The molecule has 1 aromatic rings. The lowest BCUT2D eigenvalue weighted by molar-refractivity contribution is -0.384. The first-order chi connectivity index (χ1) is 10.5. The third-order valence-electron chi connectivity index (χ3n) is 3.31. The zero-order valence-corrected chi connectivity index (χ0v) is 12.2. The molecule has 1 unspecified atom stereocenters. The molecule has 1 saturated heterocycles. The standard InChI is InChI=1S/C14H17N3O5/c1-10-9-16(5-6-22-10)13(18)8-15-14(19)11-3-2-4-12(7-11)17(20)21/h2-4,7,10H,5-6,8-9H2,1H3,(H,15,19). The molecule has 0 aliphatic carbocycles. The number of carbonyl (C=O) groups excluding carboxylic acids is 2. The molecule has 1 atom stereocenters. The summed E-state index contributed by atoms with van der Waals surface area (Å²) in [5.74, 6) is -0.715. The van der Waals surface area contributed by atoms with Crippen molar-refractivity contribution in [2.24, 2.45) is 0 Å². The van der Waals surface area contributed by atoms with Crippen LogP contribution in [0.25, 0.3) is 0 Å². The highest BCUT2D eigenvalue weighted by molar-refractivity contribution is 5.96. The van der Waals surface area contributed by atoms with Gasteiger partial charge >= 0.3 is 0 Å². The van der Waals surface area contributed by atoms with E-state index in [1.165, 1.54) is 24.3 Å². The van der Waals surface area contributed by atoms with E-state index in [4.69, 9.17) is 4.74 Å². The maximum atomic E-state index is 12.0. The van der Waals surface area contributed by atoms with E-state index in [0.29, 0.717) is 19.7 Å². The number of nitro benzene ring substituents is 1. The summed E-state index contributed by atoms with van der Waals surface area (Å²) in [5, 5.41) is 13.2. The highest BCUT2D eigenvalue weighted by atomic mass is 16.6. The summed E-state index contributed by atoms with van der Waals surface area (Å²) < 4.78 is 5.34. The molecule has 118 valence electrons. The van der Waals surface area contributed by atoms with Gasteiger partial charge in [-0.3, -0.25) is 19.7 Å². The van der Waals surface area contributed by atoms with Crippen LogP contribution < -0.4 is 5.32 Å². The number of hydrogen-bond acceptors (Lipinski definition) is 5. The minimum atomic E-state index is -0.572. The third-order valence-corrected chi connectivity index (χ3v) is 3.31. The predicted octanol–water partition coefficient (Wildman–Crippen LogP) is 0.572. The average molecular weight is 307 g/mol. The van der Waals surface area contributed by atoms with Crippen molar-refractivity contribution in [2.75, 3.05) is 26.2 Å². The van der Waals surface area contributed by atoms with Gasteiger partial charge in [0.15, 0.2) is 0 Å². The summed E-state index contributed by atoms with van der Waals surface area (Å²) >= 11 is 0. The number of nitrogens with one attached hydrogen (secondary N) is 1. The Morgan fingerprint density at radius 1 is 1.50 bits per heavy atom. The highest BCUT2D eigenvalue weighted by Crippen LogP contribution is 2.12. The second-order valence-electron chi connectivity index (χ2n) is 5.01. The number of hydrogen-bond donors (Lipinski definition) is 1. The van der Waals surface area contributed by atoms with Crippen LogP contribution in [0.3, 0.4) is 0 Å². The first-order valence-electron chi connectivity index (χ1n) is 6.89. The van der Waals surface area contributed by atoms with E-state index in [0.717, 1.165) is 0 Å². The van der Waals surface area contributed by atoms with Crippen LogP contribution in [0.2, 0.25) is 0 Å². The molecule has 0 spiro atoms. The van der Waals surface area contributed by atoms with Crippen LogP contribution in [0.4, 0.5) is 5.69 Å². The van der Waals surface area contributed by atoms with Crippen molar-refractivity contribution in [3.05, 3.63) is 39.9 Å². The van der Waals surface area contributed by atoms with Crippen molar-refractivity contribution in [3.8, 4) is 0 Å². The molecule has 0 aromatic heterocycles. The lowest BCUT2D eigenvalue weighted by Gasteiger charge is -2.31. The van der Waals surface area contributed by atoms with Gasteiger partial charge in [-0.15, -0.1) is 0 Å². The summed E-state index contributed by atoms with van der Waals surface area (Å²) in [6.07, 6.45) is -0.0230. The second-order valence-corrected chi connectivity index (χ2v) is 5.01. The van der Waals surface area contributed by atoms with Gasteiger partial charge in [-0.05, 0) is 13.0 Å². The SMILES string of the molecule is CC1CN(C(=O)CNC(=O)c2cccc([N+](=O)[O-])c2)CCO1. The third kappa shape index (κ3) is 4.01. The van der Waals surface area contributed by atoms with Crippen LogP contribution >= 0.6 is 0 Å². The van der Waals surface area contributed by atoms with Crippen LogP contribution in [-0.2, 0) is 9.53 Å². The van der Waals surface area contributed by atoms with Crippen molar-refractivity contribution in [2.45, 2.75) is 13.0 Å². The lowest BCUT2D eigenvalue weighted by Crippen LogP contribution is -2.48. The fourth-order valence-corrected chi connectivity index (χ4v) is 2.18. The molecule has 1 N–H and O–H groups in total. The number of carbonyl (C=O) groups is 2. The van der Waals surface area contributed by atoms with Crippen LogP contribution in [0.1, 0.15) is 17.3 Å². The Labute approximate surface area is 127 Å². The Morgan fingerprint density at radius 3 is 2.95 bits per heavy atom. The number of benzene rings is 1. The molecular formula is C14H17N3O5. The van der Waals surface area contributed by atoms with Gasteiger partial charge in [0.05, 0.1) is 24.2 Å². The van der Waals surface area contributed by atoms with Gasteiger partial charge < -0.3 is 15.0 Å². The van der Waals surface area contributed by atoms with Crippen molar-refractivity contribution in [1.29, 1.82) is 0 Å². The van der Waals surface area contributed by atoms with E-state index < -0.39 is 10.8 Å². The van der Waals surface area contributed by atoms with Crippen LogP contribution in [0.5, 0.6) is 0 Å². The number of non-ortho nitro benzene ring substituents is 1. The Bertz CT molecular complexity index is 590. The molecule has 8 heteroatoms. The van der Waals surface area contributed by atoms with E-state index in [1.807, 2.05) is 6.92 Å². The van der Waals surface area contributed by atoms with E-state index >= 15 is 0 Å². The van der Waals surface area contributed by atoms with E-state index in [1.54, 1.807) is 4.90 Å². The molecule has 0 bridgehead atoms. The van der Waals surface area contributed by atoms with Gasteiger partial charge in [-0.2, -0.15) is 0 Å². The molecule has 1 aromatic carbocycles.